The first kappa shape index (κ1) is 10.6. The van der Waals surface area contributed by atoms with Crippen LogP contribution in [0.3, 0.4) is 0 Å². The Morgan fingerprint density at radius 2 is 2.24 bits per heavy atom. The van der Waals surface area contributed by atoms with Gasteiger partial charge < -0.3 is 13.9 Å². The van der Waals surface area contributed by atoms with E-state index in [4.69, 9.17) is 9.47 Å². The van der Waals surface area contributed by atoms with Gasteiger partial charge in [0.25, 0.3) is 0 Å². The van der Waals surface area contributed by atoms with Crippen LogP contribution >= 0.6 is 0 Å². The molecule has 1 aliphatic heterocycles. The summed E-state index contributed by atoms with van der Waals surface area (Å²) < 4.78 is 12.8. The fourth-order valence-corrected chi connectivity index (χ4v) is 2.38. The third kappa shape index (κ3) is 1.89. The van der Waals surface area contributed by atoms with E-state index in [9.17, 15) is 0 Å². The Morgan fingerprint density at radius 3 is 3.00 bits per heavy atom. The van der Waals surface area contributed by atoms with E-state index in [1.165, 1.54) is 0 Å². The molecule has 17 heavy (non-hydrogen) atoms. The third-order valence-corrected chi connectivity index (χ3v) is 3.35. The molecule has 0 unspecified atom stereocenters. The molecule has 3 rings (SSSR count). The van der Waals surface area contributed by atoms with Crippen LogP contribution in [0.15, 0.2) is 24.5 Å². The molecule has 1 saturated heterocycles. The number of imidazole rings is 1. The molecule has 0 atom stereocenters. The van der Waals surface area contributed by atoms with Gasteiger partial charge in [-0.1, -0.05) is 0 Å². The highest BCUT2D eigenvalue weighted by atomic mass is 16.5. The Hall–Kier alpha value is -1.55. The van der Waals surface area contributed by atoms with Crippen LogP contribution in [-0.2, 0) is 4.74 Å². The zero-order valence-corrected chi connectivity index (χ0v) is 9.93. The Labute approximate surface area is 100 Å². The van der Waals surface area contributed by atoms with Crippen LogP contribution in [0.1, 0.15) is 24.6 Å². The number of hydrogen-bond donors (Lipinski definition) is 0. The fourth-order valence-electron chi connectivity index (χ4n) is 2.38. The summed E-state index contributed by atoms with van der Waals surface area (Å²) in [5.74, 6) is 2.53. The van der Waals surface area contributed by atoms with Crippen molar-refractivity contribution in [3.8, 4) is 5.75 Å². The van der Waals surface area contributed by atoms with Crippen LogP contribution in [0.25, 0.3) is 5.52 Å². The SMILES string of the molecule is COc1ccn2c(C3CCOCC3)ncc2c1. The predicted molar refractivity (Wildman–Crippen MR) is 64.5 cm³/mol. The molecule has 0 aliphatic carbocycles. The lowest BCUT2D eigenvalue weighted by molar-refractivity contribution is 0.0835. The maximum Gasteiger partial charge on any atom is 0.122 e. The van der Waals surface area contributed by atoms with Gasteiger partial charge in [0, 0.05) is 31.4 Å². The molecule has 1 fully saturated rings. The van der Waals surface area contributed by atoms with Gasteiger partial charge in [-0.25, -0.2) is 4.98 Å². The zero-order valence-electron chi connectivity index (χ0n) is 9.93. The maximum atomic E-state index is 5.39. The Morgan fingerprint density at radius 1 is 1.41 bits per heavy atom. The van der Waals surface area contributed by atoms with Crippen LogP contribution in [0, 0.1) is 0 Å². The minimum atomic E-state index is 0.514. The summed E-state index contributed by atoms with van der Waals surface area (Å²) in [6, 6.07) is 3.98. The van der Waals surface area contributed by atoms with Crippen molar-refractivity contribution in [1.29, 1.82) is 0 Å². The summed E-state index contributed by atoms with van der Waals surface area (Å²) in [7, 11) is 1.68. The number of pyridine rings is 1. The summed E-state index contributed by atoms with van der Waals surface area (Å²) >= 11 is 0. The summed E-state index contributed by atoms with van der Waals surface area (Å²) in [5.41, 5.74) is 1.09. The maximum absolute atomic E-state index is 5.39. The highest BCUT2D eigenvalue weighted by Crippen LogP contribution is 2.27. The second-order valence-electron chi connectivity index (χ2n) is 4.36. The highest BCUT2D eigenvalue weighted by molar-refractivity contribution is 5.50. The smallest absolute Gasteiger partial charge is 0.122 e. The Kier molecular flexibility index (Phi) is 2.73. The molecule has 90 valence electrons. The predicted octanol–water partition coefficient (Wildman–Crippen LogP) is 2.24. The largest absolute Gasteiger partial charge is 0.497 e. The Balaban J connectivity index is 1.99. The average Bonchev–Trinajstić information content (AvgIpc) is 2.82. The first-order chi connectivity index (χ1) is 8.38. The number of hydrogen-bond acceptors (Lipinski definition) is 3. The van der Waals surface area contributed by atoms with Crippen molar-refractivity contribution in [2.45, 2.75) is 18.8 Å². The number of nitrogens with zero attached hydrogens (tertiary/aromatic N) is 2. The van der Waals surface area contributed by atoms with Gasteiger partial charge >= 0.3 is 0 Å². The van der Waals surface area contributed by atoms with Crippen LogP contribution in [-0.4, -0.2) is 29.7 Å². The van der Waals surface area contributed by atoms with Gasteiger partial charge in [-0.2, -0.15) is 0 Å². The molecule has 2 aromatic heterocycles. The molecule has 0 aromatic carbocycles. The minimum Gasteiger partial charge on any atom is -0.497 e. The van der Waals surface area contributed by atoms with E-state index in [0.29, 0.717) is 5.92 Å². The lowest BCUT2D eigenvalue weighted by Crippen LogP contribution is -2.16. The first-order valence-electron chi connectivity index (χ1n) is 5.97. The summed E-state index contributed by atoms with van der Waals surface area (Å²) in [6.45, 7) is 1.69. The number of methoxy groups -OCH3 is 1. The van der Waals surface area contributed by atoms with E-state index in [-0.39, 0.29) is 0 Å². The van der Waals surface area contributed by atoms with Crippen molar-refractivity contribution in [3.05, 3.63) is 30.4 Å². The molecule has 0 spiro atoms. The quantitative estimate of drug-likeness (QED) is 0.796. The van der Waals surface area contributed by atoms with Crippen molar-refractivity contribution in [3.63, 3.8) is 0 Å². The number of aromatic nitrogens is 2. The molecule has 0 radical (unpaired) electrons. The van der Waals surface area contributed by atoms with Gasteiger partial charge in [0.2, 0.25) is 0 Å². The lowest BCUT2D eigenvalue weighted by atomic mass is 10.00. The molecule has 4 nitrogen and oxygen atoms in total. The van der Waals surface area contributed by atoms with Crippen LogP contribution < -0.4 is 4.74 Å². The molecule has 0 saturated carbocycles. The molecule has 1 aliphatic rings. The average molecular weight is 232 g/mol. The van der Waals surface area contributed by atoms with Crippen molar-refractivity contribution in [2.75, 3.05) is 20.3 Å². The van der Waals surface area contributed by atoms with Crippen molar-refractivity contribution in [1.82, 2.24) is 9.38 Å². The number of fused-ring (bicyclic) bond motifs is 1. The highest BCUT2D eigenvalue weighted by Gasteiger charge is 2.20. The first-order valence-corrected chi connectivity index (χ1v) is 5.97. The third-order valence-electron chi connectivity index (χ3n) is 3.35. The molecule has 0 bridgehead atoms. The molecular weight excluding hydrogens is 216 g/mol. The zero-order chi connectivity index (χ0) is 11.7. The molecule has 0 N–H and O–H groups in total. The standard InChI is InChI=1S/C13H16N2O2/c1-16-12-2-5-15-11(8-12)9-14-13(15)10-3-6-17-7-4-10/h2,5,8-10H,3-4,6-7H2,1H3. The van der Waals surface area contributed by atoms with Gasteiger partial charge in [-0.3, -0.25) is 0 Å². The van der Waals surface area contributed by atoms with Crippen molar-refractivity contribution in [2.24, 2.45) is 0 Å². The topological polar surface area (TPSA) is 35.8 Å². The molecule has 2 aromatic rings. The second kappa shape index (κ2) is 4.37. The van der Waals surface area contributed by atoms with Gasteiger partial charge in [-0.05, 0) is 18.9 Å². The van der Waals surface area contributed by atoms with E-state index in [1.807, 2.05) is 24.5 Å². The normalized spacial score (nSPS) is 17.5. The fraction of sp³-hybridized carbons (Fsp3) is 0.462. The van der Waals surface area contributed by atoms with Gasteiger partial charge in [0.05, 0.1) is 18.8 Å². The molecule has 4 heteroatoms. The van der Waals surface area contributed by atoms with E-state index in [2.05, 4.69) is 9.38 Å². The van der Waals surface area contributed by atoms with Gasteiger partial charge in [0.15, 0.2) is 0 Å². The number of rotatable bonds is 2. The van der Waals surface area contributed by atoms with Crippen molar-refractivity contribution < 1.29 is 9.47 Å². The van der Waals surface area contributed by atoms with Crippen molar-refractivity contribution >= 4 is 5.52 Å². The second-order valence-corrected chi connectivity index (χ2v) is 4.36. The molecule has 3 heterocycles. The van der Waals surface area contributed by atoms with E-state index in [1.54, 1.807) is 7.11 Å². The van der Waals surface area contributed by atoms with E-state index < -0.39 is 0 Å². The Bertz CT molecular complexity index is 515. The number of ether oxygens (including phenoxy) is 2. The lowest BCUT2D eigenvalue weighted by Gasteiger charge is -2.21. The minimum absolute atomic E-state index is 0.514. The van der Waals surface area contributed by atoms with Gasteiger partial charge in [-0.15, -0.1) is 0 Å². The van der Waals surface area contributed by atoms with Crippen LogP contribution in [0.5, 0.6) is 5.75 Å². The summed E-state index contributed by atoms with van der Waals surface area (Å²) in [5, 5.41) is 0. The van der Waals surface area contributed by atoms with E-state index >= 15 is 0 Å². The van der Waals surface area contributed by atoms with Gasteiger partial charge in [0.1, 0.15) is 11.6 Å². The summed E-state index contributed by atoms with van der Waals surface area (Å²) in [4.78, 5) is 4.55. The molecular formula is C13H16N2O2. The van der Waals surface area contributed by atoms with Crippen LogP contribution in [0.4, 0.5) is 0 Å². The molecule has 0 amide bonds. The van der Waals surface area contributed by atoms with Crippen LogP contribution in [0.2, 0.25) is 0 Å². The summed E-state index contributed by atoms with van der Waals surface area (Å²) in [6.07, 6.45) is 6.07. The monoisotopic (exact) mass is 232 g/mol. The van der Waals surface area contributed by atoms with E-state index in [0.717, 1.165) is 43.1 Å².